The summed E-state index contributed by atoms with van der Waals surface area (Å²) < 4.78 is 2.06. The third kappa shape index (κ3) is 5.18. The number of imidazole rings is 1. The van der Waals surface area contributed by atoms with Crippen molar-refractivity contribution in [2.24, 2.45) is 13.0 Å². The van der Waals surface area contributed by atoms with E-state index in [1.54, 1.807) is 0 Å². The topological polar surface area (TPSA) is 67.2 Å². The third-order valence-corrected chi connectivity index (χ3v) is 7.19. The van der Waals surface area contributed by atoms with Gasteiger partial charge in [-0.05, 0) is 42.5 Å². The molecule has 0 bridgehead atoms. The van der Waals surface area contributed by atoms with Crippen LogP contribution in [0.3, 0.4) is 0 Å². The largest absolute Gasteiger partial charge is 0.343 e. The van der Waals surface area contributed by atoms with Gasteiger partial charge in [-0.1, -0.05) is 72.8 Å². The zero-order valence-electron chi connectivity index (χ0n) is 20.6. The molecule has 2 heterocycles. The maximum atomic E-state index is 13.4. The average molecular weight is 481 g/mol. The van der Waals surface area contributed by atoms with Crippen LogP contribution in [0.1, 0.15) is 42.3 Å². The van der Waals surface area contributed by atoms with E-state index < -0.39 is 0 Å². The molecule has 0 radical (unpaired) electrons. The second-order valence-electron chi connectivity index (χ2n) is 9.51. The summed E-state index contributed by atoms with van der Waals surface area (Å²) >= 11 is 0. The molecule has 0 saturated carbocycles. The lowest BCUT2D eigenvalue weighted by Gasteiger charge is -2.32. The summed E-state index contributed by atoms with van der Waals surface area (Å²) in [5.74, 6) is 0.875. The summed E-state index contributed by atoms with van der Waals surface area (Å²) in [5.41, 5.74) is 4.12. The molecule has 1 aliphatic rings. The van der Waals surface area contributed by atoms with Crippen molar-refractivity contribution < 1.29 is 9.59 Å². The summed E-state index contributed by atoms with van der Waals surface area (Å²) in [7, 11) is 1.99. The van der Waals surface area contributed by atoms with Crippen LogP contribution in [-0.4, -0.2) is 39.4 Å². The number of amides is 2. The van der Waals surface area contributed by atoms with Gasteiger partial charge in [0.1, 0.15) is 11.9 Å². The van der Waals surface area contributed by atoms with E-state index in [9.17, 15) is 9.59 Å². The van der Waals surface area contributed by atoms with Crippen LogP contribution in [0.15, 0.2) is 84.9 Å². The molecule has 6 heteroatoms. The van der Waals surface area contributed by atoms with E-state index in [2.05, 4.69) is 22.0 Å². The summed E-state index contributed by atoms with van der Waals surface area (Å²) in [6, 6.07) is 27.7. The number of hydrogen-bond acceptors (Lipinski definition) is 3. The minimum atomic E-state index is -0.346. The predicted molar refractivity (Wildman–Crippen MR) is 141 cm³/mol. The Morgan fingerprint density at radius 3 is 2.25 bits per heavy atom. The van der Waals surface area contributed by atoms with Crippen LogP contribution in [0.2, 0.25) is 0 Å². The van der Waals surface area contributed by atoms with E-state index in [1.807, 2.05) is 84.7 Å². The third-order valence-electron chi connectivity index (χ3n) is 7.19. The minimum Gasteiger partial charge on any atom is -0.343 e. The maximum Gasteiger partial charge on any atom is 0.224 e. The zero-order valence-corrected chi connectivity index (χ0v) is 20.6. The normalized spacial score (nSPS) is 15.1. The Morgan fingerprint density at radius 1 is 0.917 bits per heavy atom. The van der Waals surface area contributed by atoms with Gasteiger partial charge in [0, 0.05) is 32.5 Å². The summed E-state index contributed by atoms with van der Waals surface area (Å²) in [6.45, 7) is 1.24. The molecule has 6 nitrogen and oxygen atoms in total. The van der Waals surface area contributed by atoms with Gasteiger partial charge in [0.15, 0.2) is 0 Å². The number of para-hydroxylation sites is 2. The number of rotatable bonds is 7. The molecule has 1 aliphatic heterocycles. The zero-order chi connectivity index (χ0) is 24.9. The van der Waals surface area contributed by atoms with Crippen LogP contribution in [0.25, 0.3) is 11.0 Å². The van der Waals surface area contributed by atoms with Crippen LogP contribution in [0, 0.1) is 5.92 Å². The lowest BCUT2D eigenvalue weighted by Crippen LogP contribution is -2.44. The van der Waals surface area contributed by atoms with Gasteiger partial charge in [-0.3, -0.25) is 9.59 Å². The van der Waals surface area contributed by atoms with Crippen molar-refractivity contribution in [3.8, 4) is 0 Å². The van der Waals surface area contributed by atoms with Crippen LogP contribution < -0.4 is 5.32 Å². The molecule has 1 saturated heterocycles. The number of aryl methyl sites for hydroxylation is 2. The van der Waals surface area contributed by atoms with Crippen molar-refractivity contribution in [3.05, 3.63) is 102 Å². The SMILES string of the molecule is Cn1c(C(NC(=O)C2CCN(C(=O)CCc3ccccc3)CC2)c2ccccc2)nc2ccccc21. The highest BCUT2D eigenvalue weighted by atomic mass is 16.2. The molecule has 2 amide bonds. The molecule has 5 rings (SSSR count). The Balaban J connectivity index is 1.24. The Labute approximate surface area is 212 Å². The number of nitrogens with one attached hydrogen (secondary N) is 1. The van der Waals surface area contributed by atoms with Gasteiger partial charge in [-0.25, -0.2) is 4.98 Å². The van der Waals surface area contributed by atoms with E-state index >= 15 is 0 Å². The van der Waals surface area contributed by atoms with E-state index in [0.717, 1.165) is 28.8 Å². The fourth-order valence-corrected chi connectivity index (χ4v) is 5.07. The number of piperidine rings is 1. The van der Waals surface area contributed by atoms with E-state index in [1.165, 1.54) is 5.56 Å². The highest BCUT2D eigenvalue weighted by Crippen LogP contribution is 2.27. The van der Waals surface area contributed by atoms with E-state index in [0.29, 0.717) is 32.4 Å². The number of nitrogens with zero attached hydrogens (tertiary/aromatic N) is 3. The lowest BCUT2D eigenvalue weighted by atomic mass is 9.94. The van der Waals surface area contributed by atoms with Crippen LogP contribution >= 0.6 is 0 Å². The standard InChI is InChI=1S/C30H32N4O2/c1-33-26-15-9-8-14-25(26)31-29(33)28(23-12-6-3-7-13-23)32-30(36)24-18-20-34(21-19-24)27(35)17-16-22-10-4-2-5-11-22/h2-15,24,28H,16-21H2,1H3,(H,32,36). The van der Waals surface area contributed by atoms with Gasteiger partial charge < -0.3 is 14.8 Å². The number of aromatic nitrogens is 2. The monoisotopic (exact) mass is 480 g/mol. The molecule has 1 fully saturated rings. The Bertz CT molecular complexity index is 1330. The minimum absolute atomic E-state index is 0.0206. The van der Waals surface area contributed by atoms with Crippen LogP contribution in [0.4, 0.5) is 0 Å². The number of likely N-dealkylation sites (tertiary alicyclic amines) is 1. The van der Waals surface area contributed by atoms with Crippen molar-refractivity contribution >= 4 is 22.8 Å². The van der Waals surface area contributed by atoms with Gasteiger partial charge in [0.05, 0.1) is 11.0 Å². The number of carbonyl (C=O) groups excluding carboxylic acids is 2. The molecule has 3 aromatic carbocycles. The Kier molecular flexibility index (Phi) is 7.12. The first-order valence-electron chi connectivity index (χ1n) is 12.7. The Morgan fingerprint density at radius 2 is 1.56 bits per heavy atom. The first-order valence-corrected chi connectivity index (χ1v) is 12.7. The van der Waals surface area contributed by atoms with Gasteiger partial charge in [0.25, 0.3) is 0 Å². The number of benzene rings is 3. The first kappa shape index (κ1) is 23.8. The van der Waals surface area contributed by atoms with Gasteiger partial charge in [0.2, 0.25) is 11.8 Å². The van der Waals surface area contributed by atoms with Gasteiger partial charge >= 0.3 is 0 Å². The summed E-state index contributed by atoms with van der Waals surface area (Å²) in [4.78, 5) is 32.9. The second kappa shape index (κ2) is 10.8. The molecule has 4 aromatic rings. The molecule has 36 heavy (non-hydrogen) atoms. The maximum absolute atomic E-state index is 13.4. The molecular formula is C30H32N4O2. The van der Waals surface area contributed by atoms with E-state index in [4.69, 9.17) is 4.98 Å². The van der Waals surface area contributed by atoms with Crippen LogP contribution in [0.5, 0.6) is 0 Å². The highest BCUT2D eigenvalue weighted by molar-refractivity contribution is 5.81. The lowest BCUT2D eigenvalue weighted by molar-refractivity contribution is -0.135. The van der Waals surface area contributed by atoms with Crippen LogP contribution in [-0.2, 0) is 23.1 Å². The van der Waals surface area contributed by atoms with E-state index in [-0.39, 0.29) is 23.8 Å². The fourth-order valence-electron chi connectivity index (χ4n) is 5.07. The smallest absolute Gasteiger partial charge is 0.224 e. The van der Waals surface area contributed by atoms with Crippen molar-refractivity contribution in [2.45, 2.75) is 31.7 Å². The van der Waals surface area contributed by atoms with Crippen molar-refractivity contribution in [1.29, 1.82) is 0 Å². The fraction of sp³-hybridized carbons (Fsp3) is 0.300. The van der Waals surface area contributed by atoms with Gasteiger partial charge in [-0.15, -0.1) is 0 Å². The summed E-state index contributed by atoms with van der Waals surface area (Å²) in [6.07, 6.45) is 2.60. The predicted octanol–water partition coefficient (Wildman–Crippen LogP) is 4.65. The van der Waals surface area contributed by atoms with Crippen molar-refractivity contribution in [1.82, 2.24) is 19.8 Å². The first-order chi connectivity index (χ1) is 17.6. The summed E-state index contributed by atoms with van der Waals surface area (Å²) in [5, 5.41) is 3.29. The molecule has 1 aromatic heterocycles. The number of fused-ring (bicyclic) bond motifs is 1. The quantitative estimate of drug-likeness (QED) is 0.419. The molecular weight excluding hydrogens is 448 g/mol. The molecule has 1 N–H and O–H groups in total. The number of carbonyl (C=O) groups is 2. The Hall–Kier alpha value is -3.93. The molecule has 1 unspecified atom stereocenters. The number of hydrogen-bond donors (Lipinski definition) is 1. The van der Waals surface area contributed by atoms with Crippen molar-refractivity contribution in [3.63, 3.8) is 0 Å². The highest BCUT2D eigenvalue weighted by Gasteiger charge is 2.30. The van der Waals surface area contributed by atoms with Gasteiger partial charge in [-0.2, -0.15) is 0 Å². The average Bonchev–Trinajstić information content (AvgIpc) is 3.27. The molecule has 1 atom stereocenters. The molecule has 184 valence electrons. The molecule has 0 spiro atoms. The van der Waals surface area contributed by atoms with Crippen molar-refractivity contribution in [2.75, 3.05) is 13.1 Å². The second-order valence-corrected chi connectivity index (χ2v) is 9.51. The molecule has 0 aliphatic carbocycles.